The fourth-order valence-electron chi connectivity index (χ4n) is 2.95. The van der Waals surface area contributed by atoms with E-state index in [0.717, 1.165) is 32.5 Å². The van der Waals surface area contributed by atoms with Crippen molar-refractivity contribution >= 4 is 39.6 Å². The Balaban J connectivity index is 1.30. The second kappa shape index (κ2) is 9.27. The van der Waals surface area contributed by atoms with E-state index in [1.807, 2.05) is 35.7 Å². The molecule has 0 saturated heterocycles. The lowest BCUT2D eigenvalue weighted by atomic mass is 10.1. The van der Waals surface area contributed by atoms with Crippen molar-refractivity contribution in [3.63, 3.8) is 0 Å². The number of hydrogen-bond donors (Lipinski definition) is 2. The molecular weight excluding hydrogens is 422 g/mol. The highest BCUT2D eigenvalue weighted by Crippen LogP contribution is 2.32. The third kappa shape index (κ3) is 5.17. The van der Waals surface area contributed by atoms with Gasteiger partial charge in [-0.25, -0.2) is 4.98 Å². The average Bonchev–Trinajstić information content (AvgIpc) is 3.40. The first kappa shape index (κ1) is 20.4. The Morgan fingerprint density at radius 2 is 1.97 bits per heavy atom. The molecule has 1 aliphatic rings. The Morgan fingerprint density at radius 3 is 2.80 bits per heavy atom. The maximum Gasteiger partial charge on any atom is 0.226 e. The van der Waals surface area contributed by atoms with E-state index < -0.39 is 0 Å². The zero-order valence-electron chi connectivity index (χ0n) is 16.4. The van der Waals surface area contributed by atoms with Crippen molar-refractivity contribution < 1.29 is 19.1 Å². The van der Waals surface area contributed by atoms with Crippen molar-refractivity contribution in [1.82, 2.24) is 10.3 Å². The summed E-state index contributed by atoms with van der Waals surface area (Å²) in [5.74, 6) is 1.35. The Hall–Kier alpha value is -2.91. The molecule has 3 aromatic rings. The zero-order valence-corrected chi connectivity index (χ0v) is 18.0. The second-order valence-electron chi connectivity index (χ2n) is 6.74. The van der Waals surface area contributed by atoms with Gasteiger partial charge in [0.25, 0.3) is 0 Å². The van der Waals surface area contributed by atoms with E-state index >= 15 is 0 Å². The van der Waals surface area contributed by atoms with Gasteiger partial charge in [0.05, 0.1) is 17.1 Å². The van der Waals surface area contributed by atoms with E-state index in [2.05, 4.69) is 15.6 Å². The number of hydrogen-bond acceptors (Lipinski definition) is 7. The molecule has 0 saturated carbocycles. The van der Waals surface area contributed by atoms with Crippen LogP contribution in [0, 0.1) is 0 Å². The number of nitrogens with zero attached hydrogens (tertiary/aromatic N) is 1. The van der Waals surface area contributed by atoms with Gasteiger partial charge in [0.15, 0.2) is 16.6 Å². The van der Waals surface area contributed by atoms with E-state index in [1.165, 1.54) is 18.3 Å². The number of anilines is 1. The third-order valence-corrected chi connectivity index (χ3v) is 6.29. The Morgan fingerprint density at radius 1 is 1.13 bits per heavy atom. The van der Waals surface area contributed by atoms with Crippen molar-refractivity contribution in [1.29, 1.82) is 0 Å². The number of carbonyl (C=O) groups excluding carboxylic acids is 2. The summed E-state index contributed by atoms with van der Waals surface area (Å²) in [6.45, 7) is 3.11. The van der Waals surface area contributed by atoms with Crippen LogP contribution >= 0.6 is 22.7 Å². The minimum absolute atomic E-state index is 0.0557. The van der Waals surface area contributed by atoms with E-state index in [9.17, 15) is 9.59 Å². The van der Waals surface area contributed by atoms with Crippen LogP contribution in [0.15, 0.2) is 35.7 Å². The maximum absolute atomic E-state index is 12.3. The number of thiophene rings is 1. The highest BCUT2D eigenvalue weighted by atomic mass is 32.1. The molecule has 30 heavy (non-hydrogen) atoms. The number of carbonyl (C=O) groups is 2. The van der Waals surface area contributed by atoms with Crippen molar-refractivity contribution in [2.45, 2.75) is 26.3 Å². The van der Waals surface area contributed by atoms with Crippen LogP contribution < -0.4 is 20.1 Å². The number of nitrogens with one attached hydrogen (secondary N) is 2. The Kier molecular flexibility index (Phi) is 6.29. The smallest absolute Gasteiger partial charge is 0.226 e. The monoisotopic (exact) mass is 443 g/mol. The minimum Gasteiger partial charge on any atom is -0.486 e. The Labute approximate surface area is 182 Å². The zero-order chi connectivity index (χ0) is 20.9. The molecule has 2 aromatic heterocycles. The van der Waals surface area contributed by atoms with E-state index in [1.54, 1.807) is 11.3 Å². The lowest BCUT2D eigenvalue weighted by molar-refractivity contribution is -0.119. The molecular formula is C21H21N3O4S2. The minimum atomic E-state index is -0.0803. The van der Waals surface area contributed by atoms with Gasteiger partial charge in [0.1, 0.15) is 13.2 Å². The molecule has 2 N–H and O–H groups in total. The van der Waals surface area contributed by atoms with Crippen LogP contribution in [0.4, 0.5) is 5.13 Å². The summed E-state index contributed by atoms with van der Waals surface area (Å²) in [6.07, 6.45) is 0.965. The fourth-order valence-corrected chi connectivity index (χ4v) is 4.66. The summed E-state index contributed by atoms with van der Waals surface area (Å²) < 4.78 is 11.1. The van der Waals surface area contributed by atoms with E-state index in [4.69, 9.17) is 9.47 Å². The summed E-state index contributed by atoms with van der Waals surface area (Å²) in [6, 6.07) is 9.72. The highest BCUT2D eigenvalue weighted by molar-refractivity contribution is 7.17. The molecule has 4 rings (SSSR count). The molecule has 7 nitrogen and oxygen atoms in total. The number of aromatic nitrogens is 1. The second-order valence-corrected chi connectivity index (χ2v) is 8.77. The first-order chi connectivity index (χ1) is 14.6. The van der Waals surface area contributed by atoms with Gasteiger partial charge in [0.2, 0.25) is 11.8 Å². The Bertz CT molecular complexity index is 1060. The fraction of sp³-hybridized carbons (Fsp3) is 0.286. The van der Waals surface area contributed by atoms with Crippen LogP contribution in [0.25, 0.3) is 10.6 Å². The number of benzene rings is 1. The summed E-state index contributed by atoms with van der Waals surface area (Å²) >= 11 is 2.97. The van der Waals surface area contributed by atoms with Gasteiger partial charge in [-0.05, 0) is 36.2 Å². The van der Waals surface area contributed by atoms with Crippen LogP contribution in [0.1, 0.15) is 23.8 Å². The van der Waals surface area contributed by atoms with Gasteiger partial charge in [-0.15, -0.1) is 22.7 Å². The van der Waals surface area contributed by atoms with Gasteiger partial charge >= 0.3 is 0 Å². The predicted molar refractivity (Wildman–Crippen MR) is 117 cm³/mol. The molecule has 0 aliphatic carbocycles. The van der Waals surface area contributed by atoms with Gasteiger partial charge in [-0.3, -0.25) is 9.59 Å². The van der Waals surface area contributed by atoms with Crippen LogP contribution in [0.3, 0.4) is 0 Å². The number of amides is 2. The standard InChI is InChI=1S/C21H21N3O4S2/c1-13(25)22-11-15-4-6-19(30-15)16-12-29-21(23-16)24-20(26)7-3-14-2-5-17-18(10-14)28-9-8-27-17/h2,4-6,10,12H,3,7-9,11H2,1H3,(H,22,25)(H,23,24,26). The molecule has 3 heterocycles. The lowest BCUT2D eigenvalue weighted by Crippen LogP contribution is -2.17. The first-order valence-corrected chi connectivity index (χ1v) is 11.2. The molecule has 0 atom stereocenters. The third-order valence-electron chi connectivity index (χ3n) is 4.42. The molecule has 0 unspecified atom stereocenters. The highest BCUT2D eigenvalue weighted by Gasteiger charge is 2.13. The lowest BCUT2D eigenvalue weighted by Gasteiger charge is -2.18. The van der Waals surface area contributed by atoms with Crippen molar-refractivity contribution in [3.05, 3.63) is 46.2 Å². The summed E-state index contributed by atoms with van der Waals surface area (Å²) in [5, 5.41) is 8.15. The maximum atomic E-state index is 12.3. The summed E-state index contributed by atoms with van der Waals surface area (Å²) in [5.41, 5.74) is 1.85. The van der Waals surface area contributed by atoms with Crippen molar-refractivity contribution in [2.24, 2.45) is 0 Å². The molecule has 2 amide bonds. The molecule has 9 heteroatoms. The van der Waals surface area contributed by atoms with Crippen LogP contribution in [-0.4, -0.2) is 30.0 Å². The van der Waals surface area contributed by atoms with Crippen molar-refractivity contribution in [3.8, 4) is 22.1 Å². The van der Waals surface area contributed by atoms with Crippen LogP contribution in [0.5, 0.6) is 11.5 Å². The number of fused-ring (bicyclic) bond motifs is 1. The molecule has 0 radical (unpaired) electrons. The summed E-state index contributed by atoms with van der Waals surface area (Å²) in [7, 11) is 0. The van der Waals surface area contributed by atoms with Gasteiger partial charge < -0.3 is 20.1 Å². The van der Waals surface area contributed by atoms with Gasteiger partial charge in [-0.2, -0.15) is 0 Å². The van der Waals surface area contributed by atoms with Crippen LogP contribution in [0.2, 0.25) is 0 Å². The number of rotatable bonds is 7. The number of aryl methyl sites for hydroxylation is 1. The molecule has 0 bridgehead atoms. The average molecular weight is 444 g/mol. The topological polar surface area (TPSA) is 89.6 Å². The van der Waals surface area contributed by atoms with Crippen LogP contribution in [-0.2, 0) is 22.6 Å². The molecule has 156 valence electrons. The SMILES string of the molecule is CC(=O)NCc1ccc(-c2csc(NC(=O)CCc3ccc4c(c3)OCCO4)n2)s1. The van der Waals surface area contributed by atoms with E-state index in [0.29, 0.717) is 37.7 Å². The van der Waals surface area contributed by atoms with Gasteiger partial charge in [0, 0.05) is 23.6 Å². The number of thiazole rings is 1. The molecule has 1 aliphatic heterocycles. The molecule has 1 aromatic carbocycles. The summed E-state index contributed by atoms with van der Waals surface area (Å²) in [4.78, 5) is 29.9. The van der Waals surface area contributed by atoms with Gasteiger partial charge in [-0.1, -0.05) is 6.07 Å². The quantitative estimate of drug-likeness (QED) is 0.579. The van der Waals surface area contributed by atoms with E-state index in [-0.39, 0.29) is 11.8 Å². The molecule has 0 fully saturated rings. The predicted octanol–water partition coefficient (Wildman–Crippen LogP) is 3.85. The normalized spacial score (nSPS) is 12.4. The van der Waals surface area contributed by atoms with Crippen molar-refractivity contribution in [2.75, 3.05) is 18.5 Å². The molecule has 0 spiro atoms. The first-order valence-electron chi connectivity index (χ1n) is 9.54. The number of ether oxygens (including phenoxy) is 2. The largest absolute Gasteiger partial charge is 0.486 e.